The molecule has 1 saturated carbocycles. The summed E-state index contributed by atoms with van der Waals surface area (Å²) in [5.74, 6) is 0.611. The van der Waals surface area contributed by atoms with E-state index >= 15 is 0 Å². The van der Waals surface area contributed by atoms with Crippen LogP contribution in [0, 0.1) is 5.92 Å². The minimum Gasteiger partial charge on any atom is -0.374 e. The second kappa shape index (κ2) is 5.70. The van der Waals surface area contributed by atoms with Crippen LogP contribution in [0.5, 0.6) is 0 Å². The molecule has 2 aromatic heterocycles. The fraction of sp³-hybridized carbons (Fsp3) is 0.556. The smallest absolute Gasteiger partial charge is 0.270 e. The number of carbonyl (C=O) groups excluding carboxylic acids is 1. The van der Waals surface area contributed by atoms with Crippen LogP contribution in [0.2, 0.25) is 0 Å². The predicted molar refractivity (Wildman–Crippen MR) is 96.7 cm³/mol. The van der Waals surface area contributed by atoms with E-state index in [4.69, 9.17) is 0 Å². The van der Waals surface area contributed by atoms with Gasteiger partial charge in [-0.15, -0.1) is 11.3 Å². The summed E-state index contributed by atoms with van der Waals surface area (Å²) >= 11 is 1.72. The maximum atomic E-state index is 12.6. The Bertz CT molecular complexity index is 776. The van der Waals surface area contributed by atoms with Gasteiger partial charge in [0.1, 0.15) is 5.69 Å². The Hall–Kier alpha value is -1.66. The number of aromatic nitrogens is 1. The van der Waals surface area contributed by atoms with Crippen molar-refractivity contribution in [2.24, 2.45) is 5.92 Å². The van der Waals surface area contributed by atoms with Gasteiger partial charge in [0.25, 0.3) is 5.91 Å². The number of piperidine rings is 3. The molecule has 6 heteroatoms. The van der Waals surface area contributed by atoms with Crippen molar-refractivity contribution >= 4 is 32.3 Å². The van der Waals surface area contributed by atoms with Crippen molar-refractivity contribution in [3.8, 4) is 0 Å². The highest BCUT2D eigenvalue weighted by Crippen LogP contribution is 2.34. The van der Waals surface area contributed by atoms with Crippen molar-refractivity contribution in [2.75, 3.05) is 25.0 Å². The van der Waals surface area contributed by atoms with Gasteiger partial charge in [0, 0.05) is 34.9 Å². The van der Waals surface area contributed by atoms with Gasteiger partial charge in [0.15, 0.2) is 0 Å². The number of hydrogen-bond donors (Lipinski definition) is 2. The number of hydrogen-bond acceptors (Lipinski definition) is 5. The third-order valence-electron chi connectivity index (χ3n) is 5.53. The lowest BCUT2D eigenvalue weighted by atomic mass is 9.84. The fourth-order valence-corrected chi connectivity index (χ4v) is 4.98. The molecule has 0 spiro atoms. The number of thiophene rings is 1. The van der Waals surface area contributed by atoms with Gasteiger partial charge in [-0.05, 0) is 56.8 Å². The van der Waals surface area contributed by atoms with Crippen molar-refractivity contribution in [1.29, 1.82) is 0 Å². The molecule has 4 aliphatic rings. The molecule has 5 heterocycles. The number of fused-ring (bicyclic) bond motifs is 4. The molecule has 1 atom stereocenters. The largest absolute Gasteiger partial charge is 0.374 e. The molecule has 5 nitrogen and oxygen atoms in total. The summed E-state index contributed by atoms with van der Waals surface area (Å²) in [6.07, 6.45) is 6.77. The van der Waals surface area contributed by atoms with Gasteiger partial charge in [0.2, 0.25) is 0 Å². The standard InChI is InChI=1S/C18H22N4OS/c23-18(21-15-10-22-5-3-11(15)4-6-22)14-8-16-12(9-19-14)7-17(24-16)20-13-1-2-13/h7-9,11,13,15,20H,1-6,10H2,(H,21,23). The zero-order valence-electron chi connectivity index (χ0n) is 13.6. The van der Waals surface area contributed by atoms with E-state index in [0.717, 1.165) is 16.6 Å². The Kier molecular flexibility index (Phi) is 3.49. The molecule has 1 unspecified atom stereocenters. The Morgan fingerprint density at radius 2 is 2.04 bits per heavy atom. The van der Waals surface area contributed by atoms with Gasteiger partial charge < -0.3 is 15.5 Å². The molecule has 126 valence electrons. The first-order valence-electron chi connectivity index (χ1n) is 8.94. The zero-order chi connectivity index (χ0) is 16.1. The molecular weight excluding hydrogens is 320 g/mol. The number of nitrogens with one attached hydrogen (secondary N) is 2. The molecule has 0 radical (unpaired) electrons. The van der Waals surface area contributed by atoms with Crippen LogP contribution in [-0.4, -0.2) is 47.5 Å². The van der Waals surface area contributed by atoms with Crippen LogP contribution >= 0.6 is 11.3 Å². The first kappa shape index (κ1) is 14.7. The van der Waals surface area contributed by atoms with Gasteiger partial charge in [-0.2, -0.15) is 0 Å². The van der Waals surface area contributed by atoms with Crippen molar-refractivity contribution in [1.82, 2.24) is 15.2 Å². The molecule has 2 bridgehead atoms. The minimum absolute atomic E-state index is 0.0271. The van der Waals surface area contributed by atoms with Crippen LogP contribution in [0.4, 0.5) is 5.00 Å². The molecule has 3 aliphatic heterocycles. The van der Waals surface area contributed by atoms with Crippen LogP contribution < -0.4 is 10.6 Å². The predicted octanol–water partition coefficient (Wildman–Crippen LogP) is 2.69. The number of carbonyl (C=O) groups is 1. The highest BCUT2D eigenvalue weighted by Gasteiger charge is 2.35. The summed E-state index contributed by atoms with van der Waals surface area (Å²) < 4.78 is 1.13. The summed E-state index contributed by atoms with van der Waals surface area (Å²) in [7, 11) is 0. The lowest BCUT2D eigenvalue weighted by Gasteiger charge is -2.44. The van der Waals surface area contributed by atoms with E-state index in [1.54, 1.807) is 11.3 Å². The third-order valence-corrected chi connectivity index (χ3v) is 6.56. The molecule has 6 rings (SSSR count). The number of rotatable bonds is 4. The highest BCUT2D eigenvalue weighted by atomic mass is 32.1. The molecule has 1 amide bonds. The minimum atomic E-state index is -0.0271. The second-order valence-corrected chi connectivity index (χ2v) is 8.44. The van der Waals surface area contributed by atoms with E-state index in [0.29, 0.717) is 17.7 Å². The van der Waals surface area contributed by atoms with Crippen LogP contribution in [0.15, 0.2) is 18.3 Å². The van der Waals surface area contributed by atoms with Gasteiger partial charge in [-0.1, -0.05) is 0 Å². The lowest BCUT2D eigenvalue weighted by Crippen LogP contribution is -2.57. The average Bonchev–Trinajstić information content (AvgIpc) is 3.32. The maximum absolute atomic E-state index is 12.6. The van der Waals surface area contributed by atoms with E-state index in [-0.39, 0.29) is 11.9 Å². The summed E-state index contributed by atoms with van der Waals surface area (Å²) in [6, 6.07) is 5.01. The Balaban J connectivity index is 1.32. The molecule has 0 aromatic carbocycles. The van der Waals surface area contributed by atoms with Crippen LogP contribution in [0.3, 0.4) is 0 Å². The van der Waals surface area contributed by atoms with E-state index in [1.807, 2.05) is 12.3 Å². The van der Waals surface area contributed by atoms with Crippen LogP contribution in [0.1, 0.15) is 36.2 Å². The van der Waals surface area contributed by atoms with Gasteiger partial charge >= 0.3 is 0 Å². The first-order chi connectivity index (χ1) is 11.7. The summed E-state index contributed by atoms with van der Waals surface area (Å²) in [6.45, 7) is 3.37. The summed E-state index contributed by atoms with van der Waals surface area (Å²) in [5.41, 5.74) is 0.541. The SMILES string of the molecule is O=C(NC1CN2CCC1CC2)c1cc2sc(NC3CC3)cc2cn1. The fourth-order valence-electron chi connectivity index (χ4n) is 3.93. The Labute approximate surface area is 145 Å². The molecule has 3 saturated heterocycles. The van der Waals surface area contributed by atoms with Crippen LogP contribution in [-0.2, 0) is 0 Å². The third kappa shape index (κ3) is 2.78. The van der Waals surface area contributed by atoms with Crippen molar-refractivity contribution in [2.45, 2.75) is 37.8 Å². The highest BCUT2D eigenvalue weighted by molar-refractivity contribution is 7.22. The van der Waals surface area contributed by atoms with Gasteiger partial charge in [0.05, 0.1) is 5.00 Å². The monoisotopic (exact) mass is 342 g/mol. The summed E-state index contributed by atoms with van der Waals surface area (Å²) in [4.78, 5) is 19.5. The van der Waals surface area contributed by atoms with Gasteiger partial charge in [-0.3, -0.25) is 9.78 Å². The number of anilines is 1. The van der Waals surface area contributed by atoms with Crippen LogP contribution in [0.25, 0.3) is 10.1 Å². The van der Waals surface area contributed by atoms with Crippen molar-refractivity contribution in [3.05, 3.63) is 24.0 Å². The molecular formula is C18H22N4OS. The second-order valence-electron chi connectivity index (χ2n) is 7.35. The Morgan fingerprint density at radius 1 is 1.21 bits per heavy atom. The van der Waals surface area contributed by atoms with E-state index < -0.39 is 0 Å². The topological polar surface area (TPSA) is 57.3 Å². The lowest BCUT2D eigenvalue weighted by molar-refractivity contribution is 0.0618. The van der Waals surface area contributed by atoms with Crippen molar-refractivity contribution in [3.63, 3.8) is 0 Å². The average molecular weight is 342 g/mol. The normalized spacial score (nSPS) is 28.9. The van der Waals surface area contributed by atoms with Crippen molar-refractivity contribution < 1.29 is 4.79 Å². The number of amides is 1. The Morgan fingerprint density at radius 3 is 2.75 bits per heavy atom. The van der Waals surface area contributed by atoms with E-state index in [2.05, 4.69) is 26.6 Å². The summed E-state index contributed by atoms with van der Waals surface area (Å²) in [5, 5.41) is 9.05. The van der Waals surface area contributed by atoms with Gasteiger partial charge in [-0.25, -0.2) is 0 Å². The quantitative estimate of drug-likeness (QED) is 0.897. The maximum Gasteiger partial charge on any atom is 0.270 e. The molecule has 2 N–H and O–H groups in total. The molecule has 4 fully saturated rings. The number of nitrogens with zero attached hydrogens (tertiary/aromatic N) is 2. The number of pyridine rings is 1. The van der Waals surface area contributed by atoms with E-state index in [9.17, 15) is 4.79 Å². The first-order valence-corrected chi connectivity index (χ1v) is 9.75. The molecule has 1 aliphatic carbocycles. The molecule has 24 heavy (non-hydrogen) atoms. The zero-order valence-corrected chi connectivity index (χ0v) is 14.4. The molecule has 2 aromatic rings. The van der Waals surface area contributed by atoms with E-state index in [1.165, 1.54) is 43.8 Å².